The highest BCUT2D eigenvalue weighted by Gasteiger charge is 1.84. The molecule has 0 aromatic carbocycles. The van der Waals surface area contributed by atoms with E-state index in [0.29, 0.717) is 5.76 Å². The van der Waals surface area contributed by atoms with Crippen LogP contribution >= 0.6 is 0 Å². The number of hydrogen-bond donors (Lipinski definition) is 0. The van der Waals surface area contributed by atoms with E-state index >= 15 is 0 Å². The lowest BCUT2D eigenvalue weighted by atomic mass is 10.4. The first-order valence-corrected chi connectivity index (χ1v) is 3.14. The van der Waals surface area contributed by atoms with Crippen LogP contribution in [0.15, 0.2) is 35.1 Å². The van der Waals surface area contributed by atoms with Gasteiger partial charge in [-0.2, -0.15) is 0 Å². The second-order valence-corrected chi connectivity index (χ2v) is 1.85. The molecule has 0 aliphatic heterocycles. The highest BCUT2D eigenvalue weighted by atomic mass is 16.6. The first kappa shape index (κ1) is 8.08. The van der Waals surface area contributed by atoms with Gasteiger partial charge in [0.1, 0.15) is 0 Å². The predicted octanol–water partition coefficient (Wildman–Crippen LogP) is 1.42. The van der Waals surface area contributed by atoms with Gasteiger partial charge in [-0.25, -0.2) is 0 Å². The van der Waals surface area contributed by atoms with Crippen LogP contribution in [0, 0.1) is 22.0 Å². The molecule has 0 amide bonds. The summed E-state index contributed by atoms with van der Waals surface area (Å²) in [4.78, 5) is 9.22. The molecule has 0 aliphatic rings. The highest BCUT2D eigenvalue weighted by Crippen LogP contribution is 1.95. The molecular formula is C8H5NO3. The lowest BCUT2D eigenvalue weighted by molar-refractivity contribution is -0.402. The Labute approximate surface area is 68.6 Å². The average molecular weight is 163 g/mol. The molecule has 0 unspecified atom stereocenters. The normalized spacial score (nSPS) is 9.33. The average Bonchev–Trinajstić information content (AvgIpc) is 2.49. The standard InChI is InChI=1S/C8H5NO3/c10-9(11)6-2-1-4-8-5-3-7-12-8/h2-3,5-7H/b6-2+. The summed E-state index contributed by atoms with van der Waals surface area (Å²) in [5.74, 6) is 5.51. The van der Waals surface area contributed by atoms with E-state index in [9.17, 15) is 10.1 Å². The Hall–Kier alpha value is -2.02. The Bertz CT molecular complexity index is 340. The summed E-state index contributed by atoms with van der Waals surface area (Å²) in [6.45, 7) is 0. The van der Waals surface area contributed by atoms with Crippen molar-refractivity contribution in [3.8, 4) is 11.8 Å². The van der Waals surface area contributed by atoms with Gasteiger partial charge in [-0.05, 0) is 18.1 Å². The Balaban J connectivity index is 2.56. The van der Waals surface area contributed by atoms with Crippen LogP contribution in [0.4, 0.5) is 0 Å². The van der Waals surface area contributed by atoms with Crippen molar-refractivity contribution >= 4 is 0 Å². The third-order valence-electron chi connectivity index (χ3n) is 0.996. The summed E-state index contributed by atoms with van der Waals surface area (Å²) >= 11 is 0. The summed E-state index contributed by atoms with van der Waals surface area (Å²) in [5, 5.41) is 9.79. The van der Waals surface area contributed by atoms with Gasteiger partial charge in [-0.1, -0.05) is 5.92 Å². The van der Waals surface area contributed by atoms with Gasteiger partial charge < -0.3 is 4.42 Å². The van der Waals surface area contributed by atoms with Crippen molar-refractivity contribution in [3.05, 3.63) is 46.5 Å². The smallest absolute Gasteiger partial charge is 0.242 e. The van der Waals surface area contributed by atoms with Crippen molar-refractivity contribution in [1.29, 1.82) is 0 Å². The van der Waals surface area contributed by atoms with E-state index in [1.807, 2.05) is 0 Å². The van der Waals surface area contributed by atoms with Crippen LogP contribution < -0.4 is 0 Å². The second kappa shape index (κ2) is 3.98. The third kappa shape index (κ3) is 2.71. The van der Waals surface area contributed by atoms with Crippen LogP contribution in [-0.2, 0) is 0 Å². The van der Waals surface area contributed by atoms with E-state index in [0.717, 1.165) is 12.3 Å². The summed E-state index contributed by atoms with van der Waals surface area (Å²) < 4.78 is 4.86. The van der Waals surface area contributed by atoms with Crippen LogP contribution in [0.5, 0.6) is 0 Å². The largest absolute Gasteiger partial charge is 0.456 e. The van der Waals surface area contributed by atoms with Crippen molar-refractivity contribution in [1.82, 2.24) is 0 Å². The molecule has 0 radical (unpaired) electrons. The molecule has 0 spiro atoms. The van der Waals surface area contributed by atoms with Crippen LogP contribution in [0.2, 0.25) is 0 Å². The van der Waals surface area contributed by atoms with Crippen LogP contribution in [0.25, 0.3) is 0 Å². The number of allylic oxidation sites excluding steroid dienone is 1. The minimum Gasteiger partial charge on any atom is -0.456 e. The molecule has 0 saturated heterocycles. The van der Waals surface area contributed by atoms with Crippen LogP contribution in [-0.4, -0.2) is 4.92 Å². The van der Waals surface area contributed by atoms with Crippen molar-refractivity contribution < 1.29 is 9.34 Å². The van der Waals surface area contributed by atoms with E-state index < -0.39 is 4.92 Å². The van der Waals surface area contributed by atoms with Crippen molar-refractivity contribution in [2.24, 2.45) is 0 Å². The Morgan fingerprint density at radius 1 is 1.67 bits per heavy atom. The fourth-order valence-corrected chi connectivity index (χ4v) is 0.561. The van der Waals surface area contributed by atoms with Gasteiger partial charge in [-0.3, -0.25) is 10.1 Å². The van der Waals surface area contributed by atoms with E-state index in [-0.39, 0.29) is 0 Å². The SMILES string of the molecule is O=[N+]([O-])/C=C/C#Cc1ccco1. The lowest BCUT2D eigenvalue weighted by Gasteiger charge is -1.73. The van der Waals surface area contributed by atoms with Crippen molar-refractivity contribution in [2.75, 3.05) is 0 Å². The summed E-state index contributed by atoms with van der Waals surface area (Å²) in [6.07, 6.45) is 3.42. The molecule has 12 heavy (non-hydrogen) atoms. The first-order chi connectivity index (χ1) is 5.79. The number of hydrogen-bond acceptors (Lipinski definition) is 3. The molecule has 0 atom stereocenters. The number of nitro groups is 1. The van der Waals surface area contributed by atoms with Crippen LogP contribution in [0.3, 0.4) is 0 Å². The monoisotopic (exact) mass is 163 g/mol. The molecule has 0 N–H and O–H groups in total. The van der Waals surface area contributed by atoms with E-state index in [1.165, 1.54) is 6.26 Å². The molecule has 0 saturated carbocycles. The maximum absolute atomic E-state index is 9.79. The molecule has 1 aromatic rings. The Morgan fingerprint density at radius 3 is 3.08 bits per heavy atom. The predicted molar refractivity (Wildman–Crippen MR) is 41.7 cm³/mol. The highest BCUT2D eigenvalue weighted by molar-refractivity contribution is 5.28. The van der Waals surface area contributed by atoms with E-state index in [4.69, 9.17) is 4.42 Å². The number of nitrogens with zero attached hydrogens (tertiary/aromatic N) is 1. The lowest BCUT2D eigenvalue weighted by Crippen LogP contribution is -1.80. The molecule has 60 valence electrons. The molecule has 0 bridgehead atoms. The fraction of sp³-hybridized carbons (Fsp3) is 0. The number of furan rings is 1. The summed E-state index contributed by atoms with van der Waals surface area (Å²) in [7, 11) is 0. The number of rotatable bonds is 1. The molecule has 4 heteroatoms. The zero-order valence-corrected chi connectivity index (χ0v) is 6.06. The summed E-state index contributed by atoms with van der Waals surface area (Å²) in [5.41, 5.74) is 0. The Kier molecular flexibility index (Phi) is 2.68. The molecular weight excluding hydrogens is 158 g/mol. The van der Waals surface area contributed by atoms with Gasteiger partial charge >= 0.3 is 0 Å². The van der Waals surface area contributed by atoms with Gasteiger partial charge in [0.25, 0.3) is 0 Å². The topological polar surface area (TPSA) is 56.3 Å². The van der Waals surface area contributed by atoms with E-state index in [2.05, 4.69) is 11.8 Å². The van der Waals surface area contributed by atoms with Gasteiger partial charge in [0.15, 0.2) is 5.76 Å². The molecule has 0 aliphatic carbocycles. The van der Waals surface area contributed by atoms with Gasteiger partial charge in [-0.15, -0.1) is 0 Å². The van der Waals surface area contributed by atoms with Crippen LogP contribution in [0.1, 0.15) is 5.76 Å². The minimum absolute atomic E-state index is 0.489. The third-order valence-corrected chi connectivity index (χ3v) is 0.996. The molecule has 4 nitrogen and oxygen atoms in total. The van der Waals surface area contributed by atoms with Crippen molar-refractivity contribution in [3.63, 3.8) is 0 Å². The molecule has 1 aromatic heterocycles. The van der Waals surface area contributed by atoms with Crippen molar-refractivity contribution in [2.45, 2.75) is 0 Å². The zero-order valence-electron chi connectivity index (χ0n) is 6.06. The fourth-order valence-electron chi connectivity index (χ4n) is 0.561. The van der Waals surface area contributed by atoms with E-state index in [1.54, 1.807) is 12.1 Å². The minimum atomic E-state index is -0.573. The molecule has 0 fully saturated rings. The Morgan fingerprint density at radius 2 is 2.50 bits per heavy atom. The second-order valence-electron chi connectivity index (χ2n) is 1.85. The first-order valence-electron chi connectivity index (χ1n) is 3.14. The van der Waals surface area contributed by atoms with Gasteiger partial charge in [0, 0.05) is 0 Å². The maximum atomic E-state index is 9.79. The van der Waals surface area contributed by atoms with Gasteiger partial charge in [0.2, 0.25) is 6.20 Å². The maximum Gasteiger partial charge on any atom is 0.242 e. The summed E-state index contributed by atoms with van der Waals surface area (Å²) in [6, 6.07) is 3.37. The molecule has 1 rings (SSSR count). The molecule has 1 heterocycles. The zero-order chi connectivity index (χ0) is 8.81. The quantitative estimate of drug-likeness (QED) is 0.357. The van der Waals surface area contributed by atoms with Gasteiger partial charge in [0.05, 0.1) is 17.3 Å².